The zero-order valence-electron chi connectivity index (χ0n) is 11.2. The Balaban J connectivity index is 2.30. The summed E-state index contributed by atoms with van der Waals surface area (Å²) in [5.41, 5.74) is 5.01. The number of fused-ring (bicyclic) bond motifs is 1. The highest BCUT2D eigenvalue weighted by atomic mass is 35.5. The van der Waals surface area contributed by atoms with Gasteiger partial charge in [0.15, 0.2) is 5.65 Å². The van der Waals surface area contributed by atoms with Crippen molar-refractivity contribution in [3.05, 3.63) is 52.4 Å². The van der Waals surface area contributed by atoms with Gasteiger partial charge >= 0.3 is 0 Å². The van der Waals surface area contributed by atoms with E-state index in [1.165, 1.54) is 11.1 Å². The molecule has 0 fully saturated rings. The number of aryl methyl sites for hydroxylation is 2. The fourth-order valence-electron chi connectivity index (χ4n) is 2.21. The number of hydrogen-bond donors (Lipinski definition) is 0. The molecule has 5 heteroatoms. The van der Waals surface area contributed by atoms with E-state index in [0.29, 0.717) is 10.9 Å². The molecule has 0 amide bonds. The van der Waals surface area contributed by atoms with Crippen LogP contribution in [0.2, 0.25) is 5.02 Å². The van der Waals surface area contributed by atoms with Crippen molar-refractivity contribution in [2.45, 2.75) is 19.7 Å². The minimum absolute atomic E-state index is 0.320. The first kappa shape index (κ1) is 13.4. The molecule has 0 bridgehead atoms. The van der Waals surface area contributed by atoms with Gasteiger partial charge in [-0.25, -0.2) is 9.97 Å². The van der Waals surface area contributed by atoms with Crippen LogP contribution in [0.25, 0.3) is 16.9 Å². The van der Waals surface area contributed by atoms with Crippen LogP contribution in [-0.4, -0.2) is 14.5 Å². The van der Waals surface area contributed by atoms with Crippen LogP contribution in [0, 0.1) is 13.8 Å². The summed E-state index contributed by atoms with van der Waals surface area (Å²) in [6, 6.07) is 8.06. The maximum Gasteiger partial charge on any atom is 0.164 e. The van der Waals surface area contributed by atoms with Crippen LogP contribution in [0.4, 0.5) is 0 Å². The molecule has 0 aliphatic carbocycles. The van der Waals surface area contributed by atoms with Crippen molar-refractivity contribution in [1.82, 2.24) is 14.5 Å². The summed E-state index contributed by atoms with van der Waals surface area (Å²) >= 11 is 12.0. The van der Waals surface area contributed by atoms with Crippen molar-refractivity contribution in [3.8, 4) is 5.69 Å². The molecule has 3 nitrogen and oxygen atoms in total. The zero-order chi connectivity index (χ0) is 14.3. The molecule has 0 radical (unpaired) electrons. The number of alkyl halides is 1. The molecule has 0 spiro atoms. The fraction of sp³-hybridized carbons (Fsp3) is 0.200. The van der Waals surface area contributed by atoms with E-state index in [-0.39, 0.29) is 0 Å². The summed E-state index contributed by atoms with van der Waals surface area (Å²) in [6.07, 6.45) is 1.63. The molecule has 0 saturated carbocycles. The maximum atomic E-state index is 6.02. The van der Waals surface area contributed by atoms with Gasteiger partial charge in [-0.2, -0.15) is 0 Å². The molecule has 3 aromatic rings. The second-order valence-corrected chi connectivity index (χ2v) is 5.47. The van der Waals surface area contributed by atoms with Crippen molar-refractivity contribution in [3.63, 3.8) is 0 Å². The van der Waals surface area contributed by atoms with Crippen molar-refractivity contribution in [2.75, 3.05) is 0 Å². The van der Waals surface area contributed by atoms with Gasteiger partial charge in [-0.1, -0.05) is 17.7 Å². The van der Waals surface area contributed by atoms with Crippen LogP contribution in [0.5, 0.6) is 0 Å². The first-order valence-electron chi connectivity index (χ1n) is 6.26. The summed E-state index contributed by atoms with van der Waals surface area (Å²) in [5.74, 6) is 1.08. The summed E-state index contributed by atoms with van der Waals surface area (Å²) in [4.78, 5) is 8.89. The minimum Gasteiger partial charge on any atom is -0.280 e. The van der Waals surface area contributed by atoms with Gasteiger partial charge < -0.3 is 0 Å². The highest BCUT2D eigenvalue weighted by Gasteiger charge is 2.13. The Kier molecular flexibility index (Phi) is 3.40. The number of nitrogens with zero attached hydrogens (tertiary/aromatic N) is 3. The number of aromatic nitrogens is 3. The van der Waals surface area contributed by atoms with Crippen molar-refractivity contribution in [2.24, 2.45) is 0 Å². The van der Waals surface area contributed by atoms with Crippen molar-refractivity contribution in [1.29, 1.82) is 0 Å². The lowest BCUT2D eigenvalue weighted by Gasteiger charge is -2.09. The highest BCUT2D eigenvalue weighted by Crippen LogP contribution is 2.24. The standard InChI is InChI=1S/C15H13Cl2N3/c1-9-3-4-12(5-10(9)2)20-14(7-16)19-13-6-11(17)8-18-15(13)20/h3-6,8H,7H2,1-2H3. The average molecular weight is 306 g/mol. The monoisotopic (exact) mass is 305 g/mol. The molecular formula is C15H13Cl2N3. The van der Waals surface area contributed by atoms with Crippen molar-refractivity contribution >= 4 is 34.4 Å². The smallest absolute Gasteiger partial charge is 0.164 e. The van der Waals surface area contributed by atoms with Crippen molar-refractivity contribution < 1.29 is 0 Å². The summed E-state index contributed by atoms with van der Waals surface area (Å²) < 4.78 is 1.98. The molecule has 0 aliphatic rings. The van der Waals surface area contributed by atoms with Gasteiger partial charge in [0.05, 0.1) is 10.9 Å². The van der Waals surface area contributed by atoms with E-state index in [1.807, 2.05) is 4.57 Å². The largest absolute Gasteiger partial charge is 0.280 e. The van der Waals surface area contributed by atoms with Crippen LogP contribution in [0.15, 0.2) is 30.5 Å². The van der Waals surface area contributed by atoms with E-state index in [0.717, 1.165) is 22.7 Å². The van der Waals surface area contributed by atoms with Gasteiger partial charge in [-0.15, -0.1) is 11.6 Å². The fourth-order valence-corrected chi connectivity index (χ4v) is 2.54. The van der Waals surface area contributed by atoms with Crippen LogP contribution in [0.1, 0.15) is 17.0 Å². The molecule has 0 N–H and O–H groups in total. The lowest BCUT2D eigenvalue weighted by molar-refractivity contribution is 0.966. The van der Waals surface area contributed by atoms with E-state index >= 15 is 0 Å². The van der Waals surface area contributed by atoms with Crippen LogP contribution < -0.4 is 0 Å². The van der Waals surface area contributed by atoms with E-state index in [2.05, 4.69) is 42.0 Å². The van der Waals surface area contributed by atoms with Gasteiger partial charge in [0.2, 0.25) is 0 Å². The second-order valence-electron chi connectivity index (χ2n) is 4.76. The molecule has 0 saturated heterocycles. The summed E-state index contributed by atoms with van der Waals surface area (Å²) in [5, 5.41) is 0.573. The first-order valence-corrected chi connectivity index (χ1v) is 7.18. The topological polar surface area (TPSA) is 30.7 Å². The first-order chi connectivity index (χ1) is 9.60. The Morgan fingerprint density at radius 2 is 1.95 bits per heavy atom. The molecule has 1 aromatic carbocycles. The molecule has 3 rings (SSSR count). The third kappa shape index (κ3) is 2.17. The van der Waals surface area contributed by atoms with Gasteiger partial charge in [-0.3, -0.25) is 4.57 Å². The Bertz CT molecular complexity index is 793. The minimum atomic E-state index is 0.320. The average Bonchev–Trinajstić information content (AvgIpc) is 2.79. The summed E-state index contributed by atoms with van der Waals surface area (Å²) in [6.45, 7) is 4.17. The predicted octanol–water partition coefficient (Wildman–Crippen LogP) is 4.43. The predicted molar refractivity (Wildman–Crippen MR) is 82.9 cm³/mol. The maximum absolute atomic E-state index is 6.02. The van der Waals surface area contributed by atoms with Gasteiger partial charge in [-0.05, 0) is 43.2 Å². The van der Waals surface area contributed by atoms with E-state index in [9.17, 15) is 0 Å². The number of pyridine rings is 1. The molecule has 2 aromatic heterocycles. The molecule has 20 heavy (non-hydrogen) atoms. The number of halogens is 2. The van der Waals surface area contributed by atoms with Gasteiger partial charge in [0.25, 0.3) is 0 Å². The van der Waals surface area contributed by atoms with Crippen LogP contribution >= 0.6 is 23.2 Å². The Labute approximate surface area is 127 Å². The number of hydrogen-bond acceptors (Lipinski definition) is 2. The SMILES string of the molecule is Cc1ccc(-n2c(CCl)nc3cc(Cl)cnc32)cc1C. The highest BCUT2D eigenvalue weighted by molar-refractivity contribution is 6.31. The Hall–Kier alpha value is -1.58. The zero-order valence-corrected chi connectivity index (χ0v) is 12.7. The molecule has 0 unspecified atom stereocenters. The second kappa shape index (κ2) is 5.08. The summed E-state index contributed by atoms with van der Waals surface area (Å²) in [7, 11) is 0. The normalized spacial score (nSPS) is 11.2. The number of benzene rings is 1. The molecular weight excluding hydrogens is 293 g/mol. The Morgan fingerprint density at radius 1 is 1.15 bits per heavy atom. The van der Waals surface area contributed by atoms with E-state index in [1.54, 1.807) is 12.3 Å². The molecule has 0 aliphatic heterocycles. The number of imidazole rings is 1. The quantitative estimate of drug-likeness (QED) is 0.656. The third-order valence-electron chi connectivity index (χ3n) is 3.40. The molecule has 102 valence electrons. The van der Waals surface area contributed by atoms with E-state index in [4.69, 9.17) is 23.2 Å². The molecule has 2 heterocycles. The lowest BCUT2D eigenvalue weighted by atomic mass is 10.1. The number of rotatable bonds is 2. The molecule has 0 atom stereocenters. The van der Waals surface area contributed by atoms with E-state index < -0.39 is 0 Å². The van der Waals surface area contributed by atoms with Crippen LogP contribution in [0.3, 0.4) is 0 Å². The third-order valence-corrected chi connectivity index (χ3v) is 3.85. The van der Waals surface area contributed by atoms with Gasteiger partial charge in [0.1, 0.15) is 11.3 Å². The van der Waals surface area contributed by atoms with Crippen LogP contribution in [-0.2, 0) is 5.88 Å². The lowest BCUT2D eigenvalue weighted by Crippen LogP contribution is -2.01. The van der Waals surface area contributed by atoms with Gasteiger partial charge in [0, 0.05) is 11.9 Å². The Morgan fingerprint density at radius 3 is 2.65 bits per heavy atom.